The van der Waals surface area contributed by atoms with Crippen LogP contribution < -0.4 is 11.2 Å². The van der Waals surface area contributed by atoms with Crippen molar-refractivity contribution in [2.75, 3.05) is 0 Å². The van der Waals surface area contributed by atoms with Gasteiger partial charge in [-0.1, -0.05) is 12.1 Å². The van der Waals surface area contributed by atoms with Gasteiger partial charge in [0, 0.05) is 6.20 Å². The van der Waals surface area contributed by atoms with Crippen LogP contribution in [0.15, 0.2) is 41.8 Å². The second kappa shape index (κ2) is 5.65. The first kappa shape index (κ1) is 14.6. The molecule has 0 atom stereocenters. The highest BCUT2D eigenvalue weighted by atomic mass is 19.4. The van der Waals surface area contributed by atoms with Crippen LogP contribution in [-0.2, 0) is 6.18 Å². The van der Waals surface area contributed by atoms with E-state index >= 15 is 0 Å². The fourth-order valence-electron chi connectivity index (χ4n) is 1.53. The summed E-state index contributed by atoms with van der Waals surface area (Å²) in [6, 6.07) is 5.61. The predicted octanol–water partition coefficient (Wildman–Crippen LogP) is 1.89. The van der Waals surface area contributed by atoms with Crippen molar-refractivity contribution in [2.45, 2.75) is 6.18 Å². The fourth-order valence-corrected chi connectivity index (χ4v) is 1.53. The summed E-state index contributed by atoms with van der Waals surface area (Å²) in [6.07, 6.45) is -1.50. The Kier molecular flexibility index (Phi) is 3.92. The Balaban J connectivity index is 2.23. The number of amides is 2. The molecule has 1 aromatic heterocycles. The summed E-state index contributed by atoms with van der Waals surface area (Å²) in [5.41, 5.74) is 7.00. The second-order valence-electron chi connectivity index (χ2n) is 4.00. The van der Waals surface area contributed by atoms with E-state index < -0.39 is 17.8 Å². The largest absolute Gasteiger partial charge is 0.419 e. The first-order valence-corrected chi connectivity index (χ1v) is 5.67. The molecule has 2 amide bonds. The van der Waals surface area contributed by atoms with Gasteiger partial charge in [0.25, 0.3) is 0 Å². The standard InChI is InChI=1S/C12H10F3N5O/c13-12(14,15)9-6-18-20(7-9)10-3-1-2-8(4-10)5-17-19-11(16)21/h1-7H,(H3,16,19,21)/b17-5+. The number of carbonyl (C=O) groups excluding carboxylic acids is 1. The molecule has 0 saturated heterocycles. The normalized spacial score (nSPS) is 11.8. The molecule has 21 heavy (non-hydrogen) atoms. The van der Waals surface area contributed by atoms with Crippen LogP contribution in [0, 0.1) is 0 Å². The summed E-state index contributed by atoms with van der Waals surface area (Å²) >= 11 is 0. The van der Waals surface area contributed by atoms with E-state index in [1.54, 1.807) is 24.3 Å². The third-order valence-electron chi connectivity index (χ3n) is 2.43. The first-order valence-electron chi connectivity index (χ1n) is 5.67. The molecule has 1 heterocycles. The van der Waals surface area contributed by atoms with Crippen LogP contribution in [-0.4, -0.2) is 22.0 Å². The van der Waals surface area contributed by atoms with Crippen molar-refractivity contribution in [1.82, 2.24) is 15.2 Å². The number of hydrogen-bond acceptors (Lipinski definition) is 3. The Bertz CT molecular complexity index is 678. The Labute approximate surface area is 117 Å². The summed E-state index contributed by atoms with van der Waals surface area (Å²) in [4.78, 5) is 10.5. The number of benzene rings is 1. The zero-order valence-corrected chi connectivity index (χ0v) is 10.5. The topological polar surface area (TPSA) is 85.3 Å². The lowest BCUT2D eigenvalue weighted by atomic mass is 10.2. The molecule has 110 valence electrons. The smallest absolute Gasteiger partial charge is 0.350 e. The van der Waals surface area contributed by atoms with Crippen molar-refractivity contribution < 1.29 is 18.0 Å². The number of nitrogens with one attached hydrogen (secondary N) is 1. The van der Waals surface area contributed by atoms with Gasteiger partial charge in [0.1, 0.15) is 0 Å². The van der Waals surface area contributed by atoms with E-state index in [9.17, 15) is 18.0 Å². The quantitative estimate of drug-likeness (QED) is 0.669. The van der Waals surface area contributed by atoms with Crippen molar-refractivity contribution in [3.8, 4) is 5.69 Å². The molecule has 0 unspecified atom stereocenters. The minimum atomic E-state index is -4.44. The fraction of sp³-hybridized carbons (Fsp3) is 0.0833. The van der Waals surface area contributed by atoms with Gasteiger partial charge in [-0.15, -0.1) is 0 Å². The number of nitrogens with zero attached hydrogens (tertiary/aromatic N) is 3. The Morgan fingerprint density at radius 2 is 2.19 bits per heavy atom. The summed E-state index contributed by atoms with van der Waals surface area (Å²) in [6.45, 7) is 0. The van der Waals surface area contributed by atoms with Gasteiger partial charge in [-0.25, -0.2) is 14.9 Å². The molecule has 0 spiro atoms. The molecule has 0 aliphatic heterocycles. The minimum Gasteiger partial charge on any atom is -0.350 e. The van der Waals surface area contributed by atoms with Crippen molar-refractivity contribution in [3.05, 3.63) is 47.8 Å². The van der Waals surface area contributed by atoms with Gasteiger partial charge in [-0.3, -0.25) is 0 Å². The van der Waals surface area contributed by atoms with E-state index in [1.165, 1.54) is 6.21 Å². The van der Waals surface area contributed by atoms with Gasteiger partial charge < -0.3 is 5.73 Å². The van der Waals surface area contributed by atoms with Crippen LogP contribution in [0.4, 0.5) is 18.0 Å². The highest BCUT2D eigenvalue weighted by molar-refractivity contribution is 5.82. The Morgan fingerprint density at radius 3 is 2.81 bits per heavy atom. The summed E-state index contributed by atoms with van der Waals surface area (Å²) in [5, 5.41) is 7.23. The molecule has 9 heteroatoms. The van der Waals surface area contributed by atoms with Crippen LogP contribution in [0.1, 0.15) is 11.1 Å². The molecule has 1 aromatic carbocycles. The van der Waals surface area contributed by atoms with Gasteiger partial charge >= 0.3 is 12.2 Å². The highest BCUT2D eigenvalue weighted by Crippen LogP contribution is 2.29. The molecular formula is C12H10F3N5O. The summed E-state index contributed by atoms with van der Waals surface area (Å²) < 4.78 is 38.6. The number of rotatable bonds is 3. The molecule has 0 bridgehead atoms. The average Bonchev–Trinajstić information content (AvgIpc) is 2.88. The number of primary amides is 1. The molecule has 6 nitrogen and oxygen atoms in total. The van der Waals surface area contributed by atoms with E-state index in [2.05, 4.69) is 10.2 Å². The molecule has 0 fully saturated rings. The maximum atomic E-state index is 12.5. The number of nitrogens with two attached hydrogens (primary N) is 1. The Hall–Kier alpha value is -2.84. The number of urea groups is 1. The molecule has 0 radical (unpaired) electrons. The number of hydrazone groups is 1. The van der Waals surface area contributed by atoms with E-state index in [0.29, 0.717) is 11.3 Å². The first-order chi connectivity index (χ1) is 9.86. The third-order valence-corrected chi connectivity index (χ3v) is 2.43. The van der Waals surface area contributed by atoms with E-state index in [4.69, 9.17) is 5.73 Å². The van der Waals surface area contributed by atoms with Gasteiger partial charge in [0.2, 0.25) is 0 Å². The van der Waals surface area contributed by atoms with Crippen LogP contribution in [0.25, 0.3) is 5.69 Å². The number of carbonyl (C=O) groups is 1. The van der Waals surface area contributed by atoms with Gasteiger partial charge in [-0.05, 0) is 17.7 Å². The van der Waals surface area contributed by atoms with Gasteiger partial charge in [-0.2, -0.15) is 23.4 Å². The van der Waals surface area contributed by atoms with Crippen molar-refractivity contribution in [1.29, 1.82) is 0 Å². The Morgan fingerprint density at radius 1 is 1.43 bits per heavy atom. The maximum absolute atomic E-state index is 12.5. The predicted molar refractivity (Wildman–Crippen MR) is 68.9 cm³/mol. The van der Waals surface area contributed by atoms with Crippen LogP contribution in [0.2, 0.25) is 0 Å². The zero-order chi connectivity index (χ0) is 15.5. The number of aromatic nitrogens is 2. The van der Waals surface area contributed by atoms with Crippen LogP contribution >= 0.6 is 0 Å². The van der Waals surface area contributed by atoms with Crippen LogP contribution in [0.3, 0.4) is 0 Å². The SMILES string of the molecule is NC(=O)N/N=C/c1cccc(-n2cc(C(F)(F)F)cn2)c1. The van der Waals surface area contributed by atoms with Gasteiger partial charge in [0.15, 0.2) is 0 Å². The van der Waals surface area contributed by atoms with Gasteiger partial charge in [0.05, 0.1) is 23.7 Å². The van der Waals surface area contributed by atoms with E-state index in [-0.39, 0.29) is 0 Å². The number of hydrogen-bond donors (Lipinski definition) is 2. The molecule has 3 N–H and O–H groups in total. The second-order valence-corrected chi connectivity index (χ2v) is 4.00. The zero-order valence-electron chi connectivity index (χ0n) is 10.5. The lowest BCUT2D eigenvalue weighted by Gasteiger charge is -2.03. The molecular weight excluding hydrogens is 287 g/mol. The van der Waals surface area contributed by atoms with Crippen molar-refractivity contribution >= 4 is 12.2 Å². The molecule has 2 aromatic rings. The summed E-state index contributed by atoms with van der Waals surface area (Å²) in [5.74, 6) is 0. The monoisotopic (exact) mass is 297 g/mol. The molecule has 0 saturated carbocycles. The van der Waals surface area contributed by atoms with Crippen molar-refractivity contribution in [2.24, 2.45) is 10.8 Å². The number of halogens is 3. The average molecular weight is 297 g/mol. The van der Waals surface area contributed by atoms with E-state index in [0.717, 1.165) is 17.1 Å². The molecule has 0 aliphatic carbocycles. The minimum absolute atomic E-state index is 0.425. The lowest BCUT2D eigenvalue weighted by molar-refractivity contribution is -0.137. The van der Waals surface area contributed by atoms with Crippen molar-refractivity contribution in [3.63, 3.8) is 0 Å². The lowest BCUT2D eigenvalue weighted by Crippen LogP contribution is -2.24. The molecule has 2 rings (SSSR count). The number of alkyl halides is 3. The third kappa shape index (κ3) is 3.81. The maximum Gasteiger partial charge on any atom is 0.419 e. The summed E-state index contributed by atoms with van der Waals surface area (Å²) in [7, 11) is 0. The highest BCUT2D eigenvalue weighted by Gasteiger charge is 2.32. The van der Waals surface area contributed by atoms with E-state index in [1.807, 2.05) is 5.43 Å². The van der Waals surface area contributed by atoms with Crippen LogP contribution in [0.5, 0.6) is 0 Å². The molecule has 0 aliphatic rings.